The van der Waals surface area contributed by atoms with E-state index in [-0.39, 0.29) is 36.6 Å². The molecule has 0 spiro atoms. The van der Waals surface area contributed by atoms with Gasteiger partial charge in [-0.15, -0.1) is 0 Å². The van der Waals surface area contributed by atoms with Crippen molar-refractivity contribution in [2.75, 3.05) is 0 Å². The lowest BCUT2D eigenvalue weighted by Gasteiger charge is -2.31. The van der Waals surface area contributed by atoms with Crippen LogP contribution < -0.4 is 5.32 Å². The second-order valence-corrected chi connectivity index (χ2v) is 8.12. The van der Waals surface area contributed by atoms with Crippen molar-refractivity contribution in [3.63, 3.8) is 0 Å². The fraction of sp³-hybridized carbons (Fsp3) is 0.440. The number of nitrogens with zero attached hydrogens (tertiary/aromatic N) is 1. The molecule has 5 heteroatoms. The third kappa shape index (κ3) is 6.15. The van der Waals surface area contributed by atoms with Crippen molar-refractivity contribution in [3.8, 4) is 0 Å². The number of aryl methyl sites for hydroxylation is 1. The summed E-state index contributed by atoms with van der Waals surface area (Å²) in [6.07, 6.45) is 6.27. The fourth-order valence-corrected chi connectivity index (χ4v) is 4.00. The number of carbonyl (C=O) groups is 2. The summed E-state index contributed by atoms with van der Waals surface area (Å²) < 4.78 is 14.3. The number of benzene rings is 2. The molecular weight excluding hydrogens is 379 g/mol. The standard InChI is InChI=1S/C25H31FN2O2/c1-19(25(30)27-22-13-6-3-7-14-22)28(18-21-12-8-9-15-23(21)26)24(29)17-16-20-10-4-2-5-11-20/h2,4-5,8-12,15,19,22H,3,6-7,13-14,16-18H2,1H3,(H,27,30)/t19-/m0/s1. The number of hydrogen-bond donors (Lipinski definition) is 1. The topological polar surface area (TPSA) is 49.4 Å². The van der Waals surface area contributed by atoms with E-state index in [1.54, 1.807) is 25.1 Å². The molecule has 4 nitrogen and oxygen atoms in total. The van der Waals surface area contributed by atoms with Crippen LogP contribution in [0.2, 0.25) is 0 Å². The Hall–Kier alpha value is -2.69. The third-order valence-electron chi connectivity index (χ3n) is 5.89. The number of carbonyl (C=O) groups excluding carboxylic acids is 2. The van der Waals surface area contributed by atoms with Gasteiger partial charge in [0.2, 0.25) is 11.8 Å². The number of rotatable bonds is 8. The van der Waals surface area contributed by atoms with Crippen LogP contribution in [-0.4, -0.2) is 28.8 Å². The Balaban J connectivity index is 1.71. The molecule has 0 aromatic heterocycles. The molecule has 0 saturated heterocycles. The van der Waals surface area contributed by atoms with Crippen LogP contribution in [-0.2, 0) is 22.6 Å². The van der Waals surface area contributed by atoms with E-state index in [9.17, 15) is 14.0 Å². The maximum absolute atomic E-state index is 14.3. The molecule has 2 aromatic carbocycles. The molecule has 1 saturated carbocycles. The fourth-order valence-electron chi connectivity index (χ4n) is 4.00. The average molecular weight is 411 g/mol. The highest BCUT2D eigenvalue weighted by atomic mass is 19.1. The quantitative estimate of drug-likeness (QED) is 0.690. The van der Waals surface area contributed by atoms with E-state index in [1.165, 1.54) is 17.4 Å². The predicted octanol–water partition coefficient (Wildman–Crippen LogP) is 4.62. The molecule has 30 heavy (non-hydrogen) atoms. The summed E-state index contributed by atoms with van der Waals surface area (Å²) in [5.74, 6) is -0.669. The number of amides is 2. The van der Waals surface area contributed by atoms with Crippen molar-refractivity contribution in [1.29, 1.82) is 0 Å². The second kappa shape index (κ2) is 10.9. The number of halogens is 1. The lowest BCUT2D eigenvalue weighted by molar-refractivity contribution is -0.141. The maximum Gasteiger partial charge on any atom is 0.242 e. The van der Waals surface area contributed by atoms with Crippen LogP contribution in [0.25, 0.3) is 0 Å². The molecule has 2 aromatic rings. The number of hydrogen-bond acceptors (Lipinski definition) is 2. The van der Waals surface area contributed by atoms with Crippen molar-refractivity contribution in [3.05, 3.63) is 71.5 Å². The van der Waals surface area contributed by atoms with Gasteiger partial charge in [0.05, 0.1) is 0 Å². The summed E-state index contributed by atoms with van der Waals surface area (Å²) in [4.78, 5) is 27.5. The van der Waals surface area contributed by atoms with E-state index in [0.717, 1.165) is 31.2 Å². The van der Waals surface area contributed by atoms with Crippen LogP contribution in [0.4, 0.5) is 4.39 Å². The first-order valence-corrected chi connectivity index (χ1v) is 10.9. The van der Waals surface area contributed by atoms with Gasteiger partial charge in [0.1, 0.15) is 11.9 Å². The van der Waals surface area contributed by atoms with Gasteiger partial charge in [-0.1, -0.05) is 67.8 Å². The highest BCUT2D eigenvalue weighted by molar-refractivity contribution is 5.87. The first kappa shape index (κ1) is 22.0. The van der Waals surface area contributed by atoms with Gasteiger partial charge in [-0.3, -0.25) is 9.59 Å². The van der Waals surface area contributed by atoms with Crippen LogP contribution in [0.3, 0.4) is 0 Å². The average Bonchev–Trinajstić information content (AvgIpc) is 2.78. The third-order valence-corrected chi connectivity index (χ3v) is 5.89. The summed E-state index contributed by atoms with van der Waals surface area (Å²) in [6.45, 7) is 1.82. The van der Waals surface area contributed by atoms with Gasteiger partial charge in [-0.2, -0.15) is 0 Å². The molecule has 1 aliphatic rings. The van der Waals surface area contributed by atoms with Gasteiger partial charge in [0.15, 0.2) is 0 Å². The Kier molecular flexibility index (Phi) is 8.00. The molecular formula is C25H31FN2O2. The molecule has 2 amide bonds. The zero-order chi connectivity index (χ0) is 21.3. The van der Waals surface area contributed by atoms with Crippen LogP contribution in [0, 0.1) is 5.82 Å². The van der Waals surface area contributed by atoms with E-state index in [0.29, 0.717) is 12.0 Å². The molecule has 0 heterocycles. The molecule has 0 unspecified atom stereocenters. The minimum Gasteiger partial charge on any atom is -0.352 e. The van der Waals surface area contributed by atoms with Crippen molar-refractivity contribution in [1.82, 2.24) is 10.2 Å². The lowest BCUT2D eigenvalue weighted by atomic mass is 9.95. The number of nitrogens with one attached hydrogen (secondary N) is 1. The summed E-state index contributed by atoms with van der Waals surface area (Å²) >= 11 is 0. The Morgan fingerprint density at radius 3 is 2.40 bits per heavy atom. The Labute approximate surface area is 178 Å². The summed E-state index contributed by atoms with van der Waals surface area (Å²) in [7, 11) is 0. The van der Waals surface area contributed by atoms with Gasteiger partial charge in [-0.25, -0.2) is 4.39 Å². The molecule has 0 aliphatic heterocycles. The largest absolute Gasteiger partial charge is 0.352 e. The Morgan fingerprint density at radius 1 is 1.03 bits per heavy atom. The van der Waals surface area contributed by atoms with E-state index in [1.807, 2.05) is 30.3 Å². The second-order valence-electron chi connectivity index (χ2n) is 8.12. The summed E-state index contributed by atoms with van der Waals surface area (Å²) in [6, 6.07) is 15.7. The molecule has 1 aliphatic carbocycles. The minimum atomic E-state index is -0.658. The van der Waals surface area contributed by atoms with Crippen LogP contribution in [0.15, 0.2) is 54.6 Å². The Bertz CT molecular complexity index is 834. The molecule has 1 N–H and O–H groups in total. The molecule has 160 valence electrons. The van der Waals surface area contributed by atoms with E-state index >= 15 is 0 Å². The van der Waals surface area contributed by atoms with Crippen LogP contribution >= 0.6 is 0 Å². The van der Waals surface area contributed by atoms with Crippen molar-refractivity contribution >= 4 is 11.8 Å². The van der Waals surface area contributed by atoms with Gasteiger partial charge >= 0.3 is 0 Å². The first-order valence-electron chi connectivity index (χ1n) is 10.9. The predicted molar refractivity (Wildman–Crippen MR) is 116 cm³/mol. The highest BCUT2D eigenvalue weighted by Crippen LogP contribution is 2.19. The van der Waals surface area contributed by atoms with Crippen LogP contribution in [0.1, 0.15) is 56.6 Å². The lowest BCUT2D eigenvalue weighted by Crippen LogP contribution is -2.50. The van der Waals surface area contributed by atoms with E-state index in [4.69, 9.17) is 0 Å². The van der Waals surface area contributed by atoms with Crippen molar-refractivity contribution in [2.45, 2.75) is 70.5 Å². The monoisotopic (exact) mass is 410 g/mol. The van der Waals surface area contributed by atoms with Gasteiger partial charge in [0, 0.05) is 24.6 Å². The minimum absolute atomic E-state index is 0.0829. The van der Waals surface area contributed by atoms with Gasteiger partial charge in [0.25, 0.3) is 0 Å². The van der Waals surface area contributed by atoms with Gasteiger partial charge < -0.3 is 10.2 Å². The van der Waals surface area contributed by atoms with Crippen molar-refractivity contribution in [2.24, 2.45) is 0 Å². The van der Waals surface area contributed by atoms with E-state index in [2.05, 4.69) is 5.32 Å². The molecule has 1 atom stereocenters. The smallest absolute Gasteiger partial charge is 0.242 e. The molecule has 0 radical (unpaired) electrons. The Morgan fingerprint density at radius 2 is 1.70 bits per heavy atom. The van der Waals surface area contributed by atoms with Crippen molar-refractivity contribution < 1.29 is 14.0 Å². The highest BCUT2D eigenvalue weighted by Gasteiger charge is 2.28. The molecule has 3 rings (SSSR count). The molecule has 1 fully saturated rings. The maximum atomic E-state index is 14.3. The van der Waals surface area contributed by atoms with E-state index < -0.39 is 6.04 Å². The first-order chi connectivity index (χ1) is 14.5. The summed E-state index contributed by atoms with van der Waals surface area (Å²) in [5, 5.41) is 3.10. The SMILES string of the molecule is C[C@@H](C(=O)NC1CCCCC1)N(Cc1ccccc1F)C(=O)CCc1ccccc1. The summed E-state index contributed by atoms with van der Waals surface area (Å²) in [5.41, 5.74) is 1.49. The van der Waals surface area contributed by atoms with Crippen LogP contribution in [0.5, 0.6) is 0 Å². The zero-order valence-corrected chi connectivity index (χ0v) is 17.6. The zero-order valence-electron chi connectivity index (χ0n) is 17.6. The van der Waals surface area contributed by atoms with Gasteiger partial charge in [-0.05, 0) is 37.8 Å². The normalized spacial score (nSPS) is 15.4. The molecule has 0 bridgehead atoms.